The fraction of sp³-hybridized carbons (Fsp3) is 0.278. The maximum atomic E-state index is 11.7. The molecule has 0 unspecified atom stereocenters. The molecule has 0 aliphatic carbocycles. The van der Waals surface area contributed by atoms with E-state index in [1.54, 1.807) is 0 Å². The van der Waals surface area contributed by atoms with E-state index in [1.165, 1.54) is 5.56 Å². The standard InChI is InChI=1S/C18H21NO3/c1-3-21-13-12-18(20)19-15-6-10-17(11-7-15)22-16-8-4-14(2)5-9-16/h4-11H,3,12-13H2,1-2H3,(H,19,20). The van der Waals surface area contributed by atoms with Gasteiger partial charge < -0.3 is 14.8 Å². The minimum Gasteiger partial charge on any atom is -0.457 e. The van der Waals surface area contributed by atoms with Gasteiger partial charge >= 0.3 is 0 Å². The van der Waals surface area contributed by atoms with E-state index in [1.807, 2.05) is 62.4 Å². The summed E-state index contributed by atoms with van der Waals surface area (Å²) in [5.74, 6) is 1.47. The van der Waals surface area contributed by atoms with Gasteiger partial charge in [0.25, 0.3) is 0 Å². The first-order chi connectivity index (χ1) is 10.7. The lowest BCUT2D eigenvalue weighted by Crippen LogP contribution is -2.13. The molecule has 0 fully saturated rings. The SMILES string of the molecule is CCOCCC(=O)Nc1ccc(Oc2ccc(C)cc2)cc1. The number of nitrogens with one attached hydrogen (secondary N) is 1. The van der Waals surface area contributed by atoms with Gasteiger partial charge in [-0.2, -0.15) is 0 Å². The van der Waals surface area contributed by atoms with Gasteiger partial charge in [-0.1, -0.05) is 17.7 Å². The van der Waals surface area contributed by atoms with Crippen molar-refractivity contribution >= 4 is 11.6 Å². The van der Waals surface area contributed by atoms with Gasteiger partial charge in [-0.3, -0.25) is 4.79 Å². The predicted octanol–water partition coefficient (Wildman–Crippen LogP) is 4.15. The van der Waals surface area contributed by atoms with Gasteiger partial charge in [0.05, 0.1) is 13.0 Å². The summed E-state index contributed by atoms with van der Waals surface area (Å²) >= 11 is 0. The van der Waals surface area contributed by atoms with Crippen molar-refractivity contribution in [1.82, 2.24) is 0 Å². The second-order valence-electron chi connectivity index (χ2n) is 4.93. The number of hydrogen-bond donors (Lipinski definition) is 1. The van der Waals surface area contributed by atoms with Gasteiger partial charge in [-0.25, -0.2) is 0 Å². The number of carbonyl (C=O) groups excluding carboxylic acids is 1. The second kappa shape index (κ2) is 8.20. The monoisotopic (exact) mass is 299 g/mol. The molecule has 116 valence electrons. The zero-order valence-corrected chi connectivity index (χ0v) is 13.0. The number of benzene rings is 2. The maximum Gasteiger partial charge on any atom is 0.226 e. The lowest BCUT2D eigenvalue weighted by atomic mass is 10.2. The van der Waals surface area contributed by atoms with Crippen molar-refractivity contribution in [1.29, 1.82) is 0 Å². The first-order valence-corrected chi connectivity index (χ1v) is 7.39. The van der Waals surface area contributed by atoms with Gasteiger partial charge in [-0.15, -0.1) is 0 Å². The lowest BCUT2D eigenvalue weighted by Gasteiger charge is -2.08. The maximum absolute atomic E-state index is 11.7. The van der Waals surface area contributed by atoms with E-state index >= 15 is 0 Å². The zero-order chi connectivity index (χ0) is 15.8. The molecule has 0 radical (unpaired) electrons. The Morgan fingerprint density at radius 3 is 2.18 bits per heavy atom. The van der Waals surface area contributed by atoms with Crippen LogP contribution in [0.1, 0.15) is 18.9 Å². The fourth-order valence-corrected chi connectivity index (χ4v) is 1.88. The summed E-state index contributed by atoms with van der Waals surface area (Å²) in [4.78, 5) is 11.7. The van der Waals surface area contributed by atoms with Crippen LogP contribution in [0.25, 0.3) is 0 Å². The molecular weight excluding hydrogens is 278 g/mol. The first-order valence-electron chi connectivity index (χ1n) is 7.39. The summed E-state index contributed by atoms with van der Waals surface area (Å²) in [7, 11) is 0. The number of rotatable bonds is 7. The normalized spacial score (nSPS) is 10.3. The average Bonchev–Trinajstić information content (AvgIpc) is 2.52. The van der Waals surface area contributed by atoms with Crippen LogP contribution in [0.2, 0.25) is 0 Å². The van der Waals surface area contributed by atoms with E-state index in [0.29, 0.717) is 19.6 Å². The van der Waals surface area contributed by atoms with E-state index in [-0.39, 0.29) is 5.91 Å². The molecule has 1 amide bonds. The molecule has 22 heavy (non-hydrogen) atoms. The lowest BCUT2D eigenvalue weighted by molar-refractivity contribution is -0.117. The first kappa shape index (κ1) is 16.0. The molecule has 2 rings (SSSR count). The second-order valence-corrected chi connectivity index (χ2v) is 4.93. The molecule has 0 saturated heterocycles. The van der Waals surface area contributed by atoms with Crippen molar-refractivity contribution in [2.45, 2.75) is 20.3 Å². The van der Waals surface area contributed by atoms with Crippen LogP contribution in [-0.2, 0) is 9.53 Å². The van der Waals surface area contributed by atoms with E-state index in [4.69, 9.17) is 9.47 Å². The molecule has 2 aromatic rings. The van der Waals surface area contributed by atoms with Crippen molar-refractivity contribution in [3.8, 4) is 11.5 Å². The quantitative estimate of drug-likeness (QED) is 0.781. The van der Waals surface area contributed by atoms with Crippen molar-refractivity contribution in [3.05, 3.63) is 54.1 Å². The number of amides is 1. The molecule has 0 heterocycles. The van der Waals surface area contributed by atoms with Crippen molar-refractivity contribution < 1.29 is 14.3 Å². The third kappa shape index (κ3) is 5.22. The Balaban J connectivity index is 1.87. The number of ether oxygens (including phenoxy) is 2. The van der Waals surface area contributed by atoms with E-state index in [0.717, 1.165) is 17.2 Å². The largest absolute Gasteiger partial charge is 0.457 e. The van der Waals surface area contributed by atoms with Gasteiger partial charge in [0.2, 0.25) is 5.91 Å². The fourth-order valence-electron chi connectivity index (χ4n) is 1.88. The Morgan fingerprint density at radius 1 is 1.00 bits per heavy atom. The highest BCUT2D eigenvalue weighted by Gasteiger charge is 2.03. The molecule has 0 saturated carbocycles. The summed E-state index contributed by atoms with van der Waals surface area (Å²) in [6, 6.07) is 15.2. The van der Waals surface area contributed by atoms with Crippen molar-refractivity contribution in [2.24, 2.45) is 0 Å². The highest BCUT2D eigenvalue weighted by molar-refractivity contribution is 5.90. The molecule has 0 aliphatic heterocycles. The topological polar surface area (TPSA) is 47.6 Å². The van der Waals surface area contributed by atoms with Crippen molar-refractivity contribution in [3.63, 3.8) is 0 Å². The van der Waals surface area contributed by atoms with Crippen LogP contribution < -0.4 is 10.1 Å². The summed E-state index contributed by atoms with van der Waals surface area (Å²) in [5, 5.41) is 2.82. The van der Waals surface area contributed by atoms with Gasteiger partial charge in [0.1, 0.15) is 11.5 Å². The Labute approximate surface area is 131 Å². The van der Waals surface area contributed by atoms with E-state index in [9.17, 15) is 4.79 Å². The van der Waals surface area contributed by atoms with Crippen LogP contribution in [0.4, 0.5) is 5.69 Å². The minimum absolute atomic E-state index is 0.0550. The van der Waals surface area contributed by atoms with Crippen LogP contribution in [0.5, 0.6) is 11.5 Å². The molecule has 0 aromatic heterocycles. The number of hydrogen-bond acceptors (Lipinski definition) is 3. The Bertz CT molecular complexity index is 591. The molecular formula is C18H21NO3. The molecule has 2 aromatic carbocycles. The molecule has 1 N–H and O–H groups in total. The summed E-state index contributed by atoms with van der Waals surface area (Å²) in [5.41, 5.74) is 1.94. The number of anilines is 1. The molecule has 0 spiro atoms. The third-order valence-corrected chi connectivity index (χ3v) is 3.07. The summed E-state index contributed by atoms with van der Waals surface area (Å²) < 4.78 is 10.9. The Hall–Kier alpha value is -2.33. The highest BCUT2D eigenvalue weighted by atomic mass is 16.5. The number of aryl methyl sites for hydroxylation is 1. The molecule has 0 bridgehead atoms. The van der Waals surface area contributed by atoms with Gasteiger partial charge in [0, 0.05) is 12.3 Å². The minimum atomic E-state index is -0.0550. The number of carbonyl (C=O) groups is 1. The van der Waals surface area contributed by atoms with E-state index in [2.05, 4.69) is 5.32 Å². The van der Waals surface area contributed by atoms with Crippen LogP contribution in [0.3, 0.4) is 0 Å². The molecule has 4 nitrogen and oxygen atoms in total. The van der Waals surface area contributed by atoms with Crippen LogP contribution in [-0.4, -0.2) is 19.1 Å². The third-order valence-electron chi connectivity index (χ3n) is 3.07. The summed E-state index contributed by atoms with van der Waals surface area (Å²) in [6.45, 7) is 5.01. The summed E-state index contributed by atoms with van der Waals surface area (Å²) in [6.07, 6.45) is 0.357. The molecule has 0 aliphatic rings. The van der Waals surface area contributed by atoms with Gasteiger partial charge in [-0.05, 0) is 50.2 Å². The smallest absolute Gasteiger partial charge is 0.226 e. The van der Waals surface area contributed by atoms with Crippen LogP contribution >= 0.6 is 0 Å². The molecule has 4 heteroatoms. The molecule has 0 atom stereocenters. The van der Waals surface area contributed by atoms with E-state index < -0.39 is 0 Å². The van der Waals surface area contributed by atoms with Gasteiger partial charge in [0.15, 0.2) is 0 Å². The highest BCUT2D eigenvalue weighted by Crippen LogP contribution is 2.23. The predicted molar refractivity (Wildman–Crippen MR) is 87.4 cm³/mol. The average molecular weight is 299 g/mol. The van der Waals surface area contributed by atoms with Crippen molar-refractivity contribution in [2.75, 3.05) is 18.5 Å². The zero-order valence-electron chi connectivity index (χ0n) is 13.0. The van der Waals surface area contributed by atoms with Crippen LogP contribution in [0, 0.1) is 6.92 Å². The Kier molecular flexibility index (Phi) is 5.98. The Morgan fingerprint density at radius 2 is 1.59 bits per heavy atom. The van der Waals surface area contributed by atoms with Crippen LogP contribution in [0.15, 0.2) is 48.5 Å².